The van der Waals surface area contributed by atoms with Crippen LogP contribution in [0.1, 0.15) is 42.8 Å². The monoisotopic (exact) mass is 284 g/mol. The van der Waals surface area contributed by atoms with Crippen LogP contribution >= 0.6 is 11.3 Å². The molecule has 104 valence electrons. The number of rotatable bonds is 4. The molecule has 1 unspecified atom stereocenters. The van der Waals surface area contributed by atoms with Crippen molar-refractivity contribution in [2.24, 2.45) is 0 Å². The van der Waals surface area contributed by atoms with Crippen LogP contribution < -0.4 is 5.32 Å². The first kappa shape index (κ1) is 14.8. The van der Waals surface area contributed by atoms with Crippen LogP contribution in [0.25, 0.3) is 0 Å². The average Bonchev–Trinajstić information content (AvgIpc) is 2.92. The molecule has 0 radical (unpaired) electrons. The van der Waals surface area contributed by atoms with E-state index in [1.54, 1.807) is 11.3 Å². The summed E-state index contributed by atoms with van der Waals surface area (Å²) >= 11 is 1.70. The van der Waals surface area contributed by atoms with Crippen LogP contribution in [0.2, 0.25) is 0 Å². The van der Waals surface area contributed by atoms with E-state index >= 15 is 0 Å². The third-order valence-corrected chi connectivity index (χ3v) is 4.18. The number of thiophene rings is 1. The summed E-state index contributed by atoms with van der Waals surface area (Å²) < 4.78 is 0. The first-order valence-corrected chi connectivity index (χ1v) is 7.64. The first-order valence-electron chi connectivity index (χ1n) is 6.76. The highest BCUT2D eigenvalue weighted by molar-refractivity contribution is 7.09. The minimum absolute atomic E-state index is 0.144. The van der Waals surface area contributed by atoms with Gasteiger partial charge in [-0.05, 0) is 28.0 Å². The van der Waals surface area contributed by atoms with Gasteiger partial charge in [-0.1, -0.05) is 51.1 Å². The van der Waals surface area contributed by atoms with Crippen molar-refractivity contribution in [1.29, 1.82) is 5.26 Å². The molecule has 20 heavy (non-hydrogen) atoms. The van der Waals surface area contributed by atoms with Gasteiger partial charge < -0.3 is 0 Å². The molecule has 0 aliphatic carbocycles. The normalized spacial score (nSPS) is 12.9. The fourth-order valence-corrected chi connectivity index (χ4v) is 2.69. The lowest BCUT2D eigenvalue weighted by Gasteiger charge is -2.20. The molecule has 2 rings (SSSR count). The number of nitriles is 1. The predicted molar refractivity (Wildman–Crippen MR) is 84.7 cm³/mol. The molecule has 1 N–H and O–H groups in total. The van der Waals surface area contributed by atoms with E-state index < -0.39 is 0 Å². The fourth-order valence-electron chi connectivity index (χ4n) is 2.03. The second-order valence-corrected chi connectivity index (χ2v) is 6.93. The summed E-state index contributed by atoms with van der Waals surface area (Å²) in [6.07, 6.45) is 0. The van der Waals surface area contributed by atoms with Gasteiger partial charge >= 0.3 is 0 Å². The highest BCUT2D eigenvalue weighted by atomic mass is 32.1. The Morgan fingerprint density at radius 1 is 1.20 bits per heavy atom. The van der Waals surface area contributed by atoms with Crippen LogP contribution in [-0.2, 0) is 12.0 Å². The topological polar surface area (TPSA) is 35.8 Å². The molecule has 1 atom stereocenters. The van der Waals surface area contributed by atoms with Crippen molar-refractivity contribution in [3.05, 3.63) is 57.8 Å². The molecule has 0 spiro atoms. The maximum absolute atomic E-state index is 9.33. The van der Waals surface area contributed by atoms with E-state index in [1.165, 1.54) is 10.4 Å². The fraction of sp³-hybridized carbons (Fsp3) is 0.353. The van der Waals surface area contributed by atoms with Crippen molar-refractivity contribution in [2.75, 3.05) is 0 Å². The van der Waals surface area contributed by atoms with E-state index in [1.807, 2.05) is 6.07 Å². The Morgan fingerprint density at radius 2 is 1.90 bits per heavy atom. The molecule has 0 bridgehead atoms. The van der Waals surface area contributed by atoms with Gasteiger partial charge in [0.05, 0.1) is 6.07 Å². The highest BCUT2D eigenvalue weighted by Gasteiger charge is 2.15. The van der Waals surface area contributed by atoms with Gasteiger partial charge in [0.25, 0.3) is 0 Å². The van der Waals surface area contributed by atoms with Crippen molar-refractivity contribution in [3.63, 3.8) is 0 Å². The second-order valence-electron chi connectivity index (χ2n) is 5.89. The zero-order valence-electron chi connectivity index (χ0n) is 12.2. The van der Waals surface area contributed by atoms with Gasteiger partial charge in [0.1, 0.15) is 6.04 Å². The van der Waals surface area contributed by atoms with Crippen LogP contribution in [0.3, 0.4) is 0 Å². The maximum atomic E-state index is 9.33. The van der Waals surface area contributed by atoms with Gasteiger partial charge in [0.15, 0.2) is 0 Å². The van der Waals surface area contributed by atoms with Gasteiger partial charge in [-0.15, -0.1) is 11.3 Å². The molecule has 0 amide bonds. The summed E-state index contributed by atoms with van der Waals surface area (Å²) in [5.41, 5.74) is 2.46. The number of benzene rings is 1. The molecule has 2 nitrogen and oxygen atoms in total. The lowest BCUT2D eigenvalue weighted by atomic mass is 9.86. The lowest BCUT2D eigenvalue weighted by molar-refractivity contribution is 0.588. The summed E-state index contributed by atoms with van der Waals surface area (Å²) in [4.78, 5) is 1.25. The SMILES string of the molecule is CC(C)(C)c1ccc(C(C#N)NCc2cccs2)cc1. The molecule has 0 saturated heterocycles. The Hall–Kier alpha value is -1.63. The lowest BCUT2D eigenvalue weighted by Crippen LogP contribution is -2.19. The third-order valence-electron chi connectivity index (χ3n) is 3.30. The maximum Gasteiger partial charge on any atom is 0.121 e. The van der Waals surface area contributed by atoms with E-state index in [9.17, 15) is 5.26 Å². The van der Waals surface area contributed by atoms with E-state index in [-0.39, 0.29) is 11.5 Å². The molecule has 1 heterocycles. The Balaban J connectivity index is 2.06. The summed E-state index contributed by atoms with van der Waals surface area (Å²) in [6.45, 7) is 7.31. The quantitative estimate of drug-likeness (QED) is 0.903. The van der Waals surface area contributed by atoms with E-state index in [0.717, 1.165) is 12.1 Å². The molecule has 2 aromatic rings. The summed E-state index contributed by atoms with van der Waals surface area (Å²) in [7, 11) is 0. The predicted octanol–water partition coefficient (Wildman–Crippen LogP) is 4.40. The molecule has 0 saturated carbocycles. The Bertz CT molecular complexity index is 571. The Morgan fingerprint density at radius 3 is 2.40 bits per heavy atom. The standard InChI is InChI=1S/C17H20N2S/c1-17(2,3)14-8-6-13(7-9-14)16(11-18)19-12-15-5-4-10-20-15/h4-10,16,19H,12H2,1-3H3. The smallest absolute Gasteiger partial charge is 0.121 e. The number of hydrogen-bond acceptors (Lipinski definition) is 3. The van der Waals surface area contributed by atoms with Crippen LogP contribution in [0.5, 0.6) is 0 Å². The van der Waals surface area contributed by atoms with Gasteiger partial charge in [-0.25, -0.2) is 0 Å². The average molecular weight is 284 g/mol. The van der Waals surface area contributed by atoms with E-state index in [4.69, 9.17) is 0 Å². The Kier molecular flexibility index (Phi) is 4.59. The van der Waals surface area contributed by atoms with Crippen molar-refractivity contribution in [1.82, 2.24) is 5.32 Å². The number of hydrogen-bond donors (Lipinski definition) is 1. The van der Waals surface area contributed by atoms with Gasteiger partial charge in [-0.2, -0.15) is 5.26 Å². The molecule has 0 aliphatic rings. The highest BCUT2D eigenvalue weighted by Crippen LogP contribution is 2.24. The van der Waals surface area contributed by atoms with E-state index in [0.29, 0.717) is 0 Å². The second kappa shape index (κ2) is 6.21. The zero-order valence-corrected chi connectivity index (χ0v) is 13.0. The van der Waals surface area contributed by atoms with Crippen molar-refractivity contribution in [3.8, 4) is 6.07 Å². The molecule has 3 heteroatoms. The molecule has 0 fully saturated rings. The van der Waals surface area contributed by atoms with Crippen LogP contribution in [0.15, 0.2) is 41.8 Å². The van der Waals surface area contributed by atoms with Gasteiger partial charge in [-0.3, -0.25) is 5.32 Å². The Labute approximate surface area is 125 Å². The summed E-state index contributed by atoms with van der Waals surface area (Å²) in [6, 6.07) is 14.5. The molecular weight excluding hydrogens is 264 g/mol. The minimum atomic E-state index is -0.258. The number of nitrogens with zero attached hydrogens (tertiary/aromatic N) is 1. The summed E-state index contributed by atoms with van der Waals surface area (Å²) in [5, 5.41) is 14.7. The third kappa shape index (κ3) is 3.69. The number of nitrogens with one attached hydrogen (secondary N) is 1. The van der Waals surface area contributed by atoms with Gasteiger partial charge in [0.2, 0.25) is 0 Å². The molecule has 1 aromatic carbocycles. The van der Waals surface area contributed by atoms with Crippen molar-refractivity contribution < 1.29 is 0 Å². The molecule has 0 aliphatic heterocycles. The van der Waals surface area contributed by atoms with Crippen molar-refractivity contribution >= 4 is 11.3 Å². The molecular formula is C17H20N2S. The first-order chi connectivity index (χ1) is 9.50. The van der Waals surface area contributed by atoms with E-state index in [2.05, 4.69) is 67.9 Å². The van der Waals surface area contributed by atoms with Crippen LogP contribution in [0.4, 0.5) is 0 Å². The summed E-state index contributed by atoms with van der Waals surface area (Å²) in [5.74, 6) is 0. The van der Waals surface area contributed by atoms with Gasteiger partial charge in [0, 0.05) is 11.4 Å². The van der Waals surface area contributed by atoms with Crippen LogP contribution in [0, 0.1) is 11.3 Å². The van der Waals surface area contributed by atoms with Crippen molar-refractivity contribution in [2.45, 2.75) is 38.8 Å². The minimum Gasteiger partial charge on any atom is -0.293 e. The van der Waals surface area contributed by atoms with Crippen LogP contribution in [-0.4, -0.2) is 0 Å². The molecule has 1 aromatic heterocycles. The largest absolute Gasteiger partial charge is 0.293 e. The zero-order chi connectivity index (χ0) is 14.6.